The minimum atomic E-state index is -0.125. The summed E-state index contributed by atoms with van der Waals surface area (Å²) >= 11 is 1.77. The Bertz CT molecular complexity index is 1390. The normalized spacial score (nSPS) is 11.1. The van der Waals surface area contributed by atoms with E-state index in [1.807, 2.05) is 24.3 Å². The Morgan fingerprint density at radius 1 is 0.968 bits per heavy atom. The molecule has 31 heavy (non-hydrogen) atoms. The molecule has 0 bridgehead atoms. The first-order valence-corrected chi connectivity index (χ1v) is 10.3. The van der Waals surface area contributed by atoms with E-state index in [-0.39, 0.29) is 31.6 Å². The van der Waals surface area contributed by atoms with Crippen molar-refractivity contribution in [2.45, 2.75) is 13.8 Å². The number of hydrogen-bond donors (Lipinski definition) is 1. The van der Waals surface area contributed by atoms with Crippen molar-refractivity contribution >= 4 is 48.2 Å². The van der Waals surface area contributed by atoms with Crippen LogP contribution in [-0.4, -0.2) is 20.9 Å². The third-order valence-corrected chi connectivity index (χ3v) is 5.75. The van der Waals surface area contributed by atoms with Crippen LogP contribution in [0.1, 0.15) is 13.8 Å². The summed E-state index contributed by atoms with van der Waals surface area (Å²) in [5.41, 5.74) is 3.00. The summed E-state index contributed by atoms with van der Waals surface area (Å²) in [6.45, 7) is 2.85. The summed E-state index contributed by atoms with van der Waals surface area (Å²) in [6.07, 6.45) is 2.82. The largest absolute Gasteiger partial charge is 0.512 e. The third-order valence-electron chi connectivity index (χ3n) is 4.52. The molecule has 0 atom stereocenters. The molecule has 0 saturated heterocycles. The molecule has 6 heteroatoms. The fourth-order valence-electron chi connectivity index (χ4n) is 3.33. The van der Waals surface area contributed by atoms with Gasteiger partial charge in [0.1, 0.15) is 6.33 Å². The second-order valence-corrected chi connectivity index (χ2v) is 7.86. The molecule has 0 aliphatic carbocycles. The maximum Gasteiger partial charge on any atom is 0.155 e. The molecule has 0 spiro atoms. The predicted octanol–water partition coefficient (Wildman–Crippen LogP) is 6.50. The molecule has 5 aromatic rings. The van der Waals surface area contributed by atoms with E-state index in [0.29, 0.717) is 0 Å². The van der Waals surface area contributed by atoms with E-state index in [1.54, 1.807) is 17.7 Å². The molecule has 3 aromatic carbocycles. The average molecular weight is 604 g/mol. The summed E-state index contributed by atoms with van der Waals surface area (Å²) in [6, 6.07) is 24.1. The number of allylic oxidation sites excluding steroid dienone is 2. The molecule has 2 aromatic heterocycles. The van der Waals surface area contributed by atoms with Crippen LogP contribution in [0.4, 0.5) is 0 Å². The van der Waals surface area contributed by atoms with Gasteiger partial charge < -0.3 is 5.11 Å². The van der Waals surface area contributed by atoms with Crippen LogP contribution in [-0.2, 0) is 24.9 Å². The number of fused-ring (bicyclic) bond motifs is 5. The summed E-state index contributed by atoms with van der Waals surface area (Å²) in [5.74, 6) is -0.0625. The van der Waals surface area contributed by atoms with Gasteiger partial charge in [-0.3, -0.25) is 9.78 Å². The smallest absolute Gasteiger partial charge is 0.155 e. The van der Waals surface area contributed by atoms with Gasteiger partial charge in [0.05, 0.1) is 11.3 Å². The van der Waals surface area contributed by atoms with Gasteiger partial charge in [0.25, 0.3) is 0 Å². The van der Waals surface area contributed by atoms with Gasteiger partial charge in [0, 0.05) is 46.7 Å². The molecule has 1 radical (unpaired) electrons. The minimum absolute atomic E-state index is 0. The van der Waals surface area contributed by atoms with Crippen molar-refractivity contribution in [3.8, 4) is 11.3 Å². The zero-order chi connectivity index (χ0) is 21.1. The van der Waals surface area contributed by atoms with Crippen LogP contribution in [0.2, 0.25) is 0 Å². The number of nitrogens with zero attached hydrogens (tertiary/aromatic N) is 2. The molecule has 2 heterocycles. The maximum absolute atomic E-state index is 10.0. The fraction of sp³-hybridized carbons (Fsp3) is 0.0800. The second-order valence-electron chi connectivity index (χ2n) is 6.84. The Kier molecular flexibility index (Phi) is 7.29. The van der Waals surface area contributed by atoms with Crippen molar-refractivity contribution in [1.29, 1.82) is 0 Å². The van der Waals surface area contributed by atoms with E-state index >= 15 is 0 Å². The topological polar surface area (TPSA) is 63.1 Å². The van der Waals surface area contributed by atoms with Gasteiger partial charge in [-0.15, -0.1) is 47.2 Å². The summed E-state index contributed by atoms with van der Waals surface area (Å²) in [4.78, 5) is 19.1. The molecular formula is C25H19IrN2O2S-. The number of ketones is 1. The van der Waals surface area contributed by atoms with E-state index in [4.69, 9.17) is 5.11 Å². The van der Waals surface area contributed by atoms with E-state index in [9.17, 15) is 4.79 Å². The number of thiophene rings is 1. The Hall–Kier alpha value is -2.92. The summed E-state index contributed by atoms with van der Waals surface area (Å²) < 4.78 is 2.40. The molecule has 0 fully saturated rings. The van der Waals surface area contributed by atoms with Crippen molar-refractivity contribution in [3.63, 3.8) is 0 Å². The van der Waals surface area contributed by atoms with Gasteiger partial charge in [-0.2, -0.15) is 0 Å². The predicted molar refractivity (Wildman–Crippen MR) is 124 cm³/mol. The number of carbonyl (C=O) groups excluding carboxylic acids is 1. The summed E-state index contributed by atoms with van der Waals surface area (Å²) in [5, 5.41) is 12.1. The van der Waals surface area contributed by atoms with Crippen molar-refractivity contribution in [2.75, 3.05) is 0 Å². The van der Waals surface area contributed by atoms with Crippen LogP contribution in [0.3, 0.4) is 0 Å². The average Bonchev–Trinajstić information content (AvgIpc) is 3.13. The number of hydrogen-bond acceptors (Lipinski definition) is 5. The molecule has 0 aliphatic rings. The van der Waals surface area contributed by atoms with Crippen LogP contribution < -0.4 is 0 Å². The zero-order valence-corrected chi connectivity index (χ0v) is 20.1. The maximum atomic E-state index is 10.0. The Labute approximate surface area is 197 Å². The first-order chi connectivity index (χ1) is 14.5. The van der Waals surface area contributed by atoms with Gasteiger partial charge in [-0.25, -0.2) is 4.98 Å². The molecule has 0 unspecified atom stereocenters. The van der Waals surface area contributed by atoms with E-state index in [1.165, 1.54) is 40.8 Å². The molecule has 0 saturated carbocycles. The Morgan fingerprint density at radius 2 is 1.74 bits per heavy atom. The SMILES string of the molecule is CC(=O)/C=C(/C)O.[Ir].[c-]1ccccc1-c1ncnc2c1sc1c3ccccc3ccc21. The number of aliphatic hydroxyl groups excluding tert-OH is 1. The van der Waals surface area contributed by atoms with Crippen molar-refractivity contribution in [2.24, 2.45) is 0 Å². The van der Waals surface area contributed by atoms with Crippen LogP contribution in [0, 0.1) is 6.07 Å². The first-order valence-electron chi connectivity index (χ1n) is 9.44. The number of benzene rings is 3. The van der Waals surface area contributed by atoms with E-state index in [0.717, 1.165) is 21.5 Å². The van der Waals surface area contributed by atoms with Crippen molar-refractivity contribution < 1.29 is 30.0 Å². The molecule has 5 rings (SSSR count). The Morgan fingerprint density at radius 3 is 2.42 bits per heavy atom. The number of aromatic nitrogens is 2. The van der Waals surface area contributed by atoms with Gasteiger partial charge in [-0.1, -0.05) is 36.4 Å². The number of carbonyl (C=O) groups is 1. The monoisotopic (exact) mass is 604 g/mol. The van der Waals surface area contributed by atoms with Gasteiger partial charge in [0.2, 0.25) is 0 Å². The van der Waals surface area contributed by atoms with Crippen LogP contribution in [0.5, 0.6) is 0 Å². The molecule has 0 amide bonds. The molecule has 1 N–H and O–H groups in total. The third kappa shape index (κ3) is 4.88. The van der Waals surface area contributed by atoms with Gasteiger partial charge in [-0.05, 0) is 24.6 Å². The molecule has 0 aliphatic heterocycles. The van der Waals surface area contributed by atoms with Crippen molar-refractivity contribution in [1.82, 2.24) is 9.97 Å². The molecule has 157 valence electrons. The van der Waals surface area contributed by atoms with E-state index < -0.39 is 0 Å². The standard InChI is InChI=1S/C20H11N2S.C5H8O2.Ir/c1-2-7-14(8-3-1)17-20-18(22-12-21-17)16-11-10-13-6-4-5-9-15(13)19(16)23-20;1-4(6)3-5(2)7;/h1-7,9-12H;3,6H,1-2H3;/q-1;;/b;4-3-;. The summed E-state index contributed by atoms with van der Waals surface area (Å²) in [7, 11) is 0. The first kappa shape index (κ1) is 22.8. The fourth-order valence-corrected chi connectivity index (χ4v) is 4.62. The van der Waals surface area contributed by atoms with Crippen molar-refractivity contribution in [3.05, 3.63) is 84.9 Å². The number of aliphatic hydroxyl groups is 1. The zero-order valence-electron chi connectivity index (χ0n) is 16.9. The second kappa shape index (κ2) is 9.92. The van der Waals surface area contributed by atoms with Crippen LogP contribution >= 0.6 is 11.3 Å². The van der Waals surface area contributed by atoms with Crippen LogP contribution in [0.15, 0.2) is 78.8 Å². The van der Waals surface area contributed by atoms with Gasteiger partial charge in [0.15, 0.2) is 5.78 Å². The quantitative estimate of drug-likeness (QED) is 0.142. The number of rotatable bonds is 2. The van der Waals surface area contributed by atoms with Gasteiger partial charge >= 0.3 is 0 Å². The van der Waals surface area contributed by atoms with E-state index in [2.05, 4.69) is 52.4 Å². The molecule has 4 nitrogen and oxygen atoms in total. The Balaban J connectivity index is 0.000000299. The molecular weight excluding hydrogens is 585 g/mol. The minimum Gasteiger partial charge on any atom is -0.512 e. The van der Waals surface area contributed by atoms with Crippen LogP contribution in [0.25, 0.3) is 42.3 Å².